The van der Waals surface area contributed by atoms with Gasteiger partial charge in [-0.05, 0) is 19.1 Å². The van der Waals surface area contributed by atoms with Gasteiger partial charge in [0.2, 0.25) is 0 Å². The van der Waals surface area contributed by atoms with E-state index in [2.05, 4.69) is 5.10 Å². The van der Waals surface area contributed by atoms with Crippen LogP contribution < -0.4 is 0 Å². The van der Waals surface area contributed by atoms with Gasteiger partial charge in [0.25, 0.3) is 0 Å². The van der Waals surface area contributed by atoms with E-state index in [1.807, 2.05) is 62.1 Å². The molecule has 0 aliphatic carbocycles. The van der Waals surface area contributed by atoms with Gasteiger partial charge < -0.3 is 0 Å². The molecule has 0 saturated heterocycles. The van der Waals surface area contributed by atoms with Crippen LogP contribution >= 0.6 is 11.6 Å². The van der Waals surface area contributed by atoms with Gasteiger partial charge >= 0.3 is 0 Å². The number of hydrogen-bond donors (Lipinski definition) is 0. The monoisotopic (exact) mass is 248 g/mol. The van der Waals surface area contributed by atoms with Crippen LogP contribution in [0.4, 0.5) is 0 Å². The first-order valence-electron chi connectivity index (χ1n) is 5.41. The van der Waals surface area contributed by atoms with Crippen LogP contribution in [0, 0.1) is 6.92 Å². The van der Waals surface area contributed by atoms with E-state index in [-0.39, 0.29) is 0 Å². The molecule has 0 spiro atoms. The summed E-state index contributed by atoms with van der Waals surface area (Å²) in [4.78, 5) is 0. The van der Waals surface area contributed by atoms with Crippen molar-refractivity contribution in [1.29, 1.82) is 0 Å². The van der Waals surface area contributed by atoms with E-state index in [0.717, 1.165) is 16.9 Å². The number of rotatable bonds is 2. The molecule has 17 heavy (non-hydrogen) atoms. The Bertz CT molecular complexity index is 552. The molecular formula is C13H15ClN3+. The fourth-order valence-corrected chi connectivity index (χ4v) is 1.98. The molecule has 0 atom stereocenters. The Morgan fingerprint density at radius 1 is 1.24 bits per heavy atom. The largest absolute Gasteiger partial charge is 0.241 e. The summed E-state index contributed by atoms with van der Waals surface area (Å²) < 4.78 is 3.72. The standard InChI is InChI=1S/C13H15ClN3/c1-10-12(9-16(2)3)13(14)17(15-10)11-7-5-4-6-8-11/h4-9H,1-3H3/q+1. The average Bonchev–Trinajstić information content (AvgIpc) is 2.58. The van der Waals surface area contributed by atoms with Crippen molar-refractivity contribution in [3.05, 3.63) is 46.7 Å². The zero-order valence-electron chi connectivity index (χ0n) is 10.2. The lowest BCUT2D eigenvalue weighted by Crippen LogP contribution is -2.01. The zero-order valence-corrected chi connectivity index (χ0v) is 10.9. The smallest absolute Gasteiger partial charge is 0.175 e. The van der Waals surface area contributed by atoms with Crippen LogP contribution in [-0.4, -0.2) is 34.7 Å². The van der Waals surface area contributed by atoms with Gasteiger partial charge in [0, 0.05) is 0 Å². The molecule has 0 unspecified atom stereocenters. The first kappa shape index (κ1) is 11.9. The third kappa shape index (κ3) is 2.39. The molecule has 0 amide bonds. The Kier molecular flexibility index (Phi) is 3.29. The second kappa shape index (κ2) is 4.72. The summed E-state index contributed by atoms with van der Waals surface area (Å²) in [5, 5.41) is 5.10. The predicted octanol–water partition coefficient (Wildman–Crippen LogP) is 2.53. The molecule has 1 aromatic carbocycles. The molecule has 4 heteroatoms. The molecule has 2 rings (SSSR count). The van der Waals surface area contributed by atoms with Crippen molar-refractivity contribution in [2.75, 3.05) is 14.1 Å². The minimum absolute atomic E-state index is 0.641. The van der Waals surface area contributed by atoms with Gasteiger partial charge in [-0.3, -0.25) is 0 Å². The van der Waals surface area contributed by atoms with E-state index >= 15 is 0 Å². The molecule has 0 fully saturated rings. The maximum Gasteiger partial charge on any atom is 0.175 e. The number of hydrogen-bond acceptors (Lipinski definition) is 1. The fraction of sp³-hybridized carbons (Fsp3) is 0.231. The summed E-state index contributed by atoms with van der Waals surface area (Å²) in [7, 11) is 3.94. The first-order valence-corrected chi connectivity index (χ1v) is 5.79. The highest BCUT2D eigenvalue weighted by Gasteiger charge is 2.14. The molecule has 88 valence electrons. The van der Waals surface area contributed by atoms with E-state index in [4.69, 9.17) is 11.6 Å². The third-order valence-corrected chi connectivity index (χ3v) is 2.80. The summed E-state index contributed by atoms with van der Waals surface area (Å²) in [6.45, 7) is 1.96. The van der Waals surface area contributed by atoms with Crippen LogP contribution in [0.1, 0.15) is 11.3 Å². The maximum atomic E-state index is 6.35. The van der Waals surface area contributed by atoms with Crippen molar-refractivity contribution >= 4 is 17.8 Å². The Balaban J connectivity index is 2.56. The quantitative estimate of drug-likeness (QED) is 0.591. The molecule has 0 bridgehead atoms. The van der Waals surface area contributed by atoms with Crippen LogP contribution in [0.3, 0.4) is 0 Å². The summed E-state index contributed by atoms with van der Waals surface area (Å²) in [5.41, 5.74) is 2.85. The van der Waals surface area contributed by atoms with Gasteiger partial charge in [-0.1, -0.05) is 29.8 Å². The zero-order chi connectivity index (χ0) is 12.4. The molecule has 0 aliphatic heterocycles. The van der Waals surface area contributed by atoms with E-state index < -0.39 is 0 Å². The van der Waals surface area contributed by atoms with Crippen LogP contribution in [0.25, 0.3) is 5.69 Å². The fourth-order valence-electron chi connectivity index (χ4n) is 1.66. The van der Waals surface area contributed by atoms with Crippen LogP contribution in [-0.2, 0) is 0 Å². The summed E-state index contributed by atoms with van der Waals surface area (Å²) in [6.07, 6.45) is 1.98. The van der Waals surface area contributed by atoms with Gasteiger partial charge in [-0.25, -0.2) is 9.26 Å². The number of benzene rings is 1. The molecule has 1 aromatic heterocycles. The van der Waals surface area contributed by atoms with Crippen molar-refractivity contribution < 1.29 is 4.58 Å². The predicted molar refractivity (Wildman–Crippen MR) is 70.6 cm³/mol. The molecule has 0 N–H and O–H groups in total. The van der Waals surface area contributed by atoms with Crippen LogP contribution in [0.5, 0.6) is 0 Å². The number of aromatic nitrogens is 2. The van der Waals surface area contributed by atoms with Gasteiger partial charge in [-0.2, -0.15) is 5.10 Å². The van der Waals surface area contributed by atoms with E-state index in [9.17, 15) is 0 Å². The number of para-hydroxylation sites is 1. The van der Waals surface area contributed by atoms with Crippen LogP contribution in [0.15, 0.2) is 30.3 Å². The Morgan fingerprint density at radius 2 is 1.88 bits per heavy atom. The lowest BCUT2D eigenvalue weighted by molar-refractivity contribution is -0.458. The van der Waals surface area contributed by atoms with Gasteiger partial charge in [-0.15, -0.1) is 0 Å². The normalized spacial score (nSPS) is 10.4. The molecule has 3 nitrogen and oxygen atoms in total. The van der Waals surface area contributed by atoms with Crippen LogP contribution in [0.2, 0.25) is 5.15 Å². The second-order valence-corrected chi connectivity index (χ2v) is 4.49. The summed E-state index contributed by atoms with van der Waals surface area (Å²) in [5.74, 6) is 0. The minimum Gasteiger partial charge on any atom is -0.241 e. The summed E-state index contributed by atoms with van der Waals surface area (Å²) in [6, 6.07) is 9.88. The van der Waals surface area contributed by atoms with Crippen molar-refractivity contribution in [3.8, 4) is 5.69 Å². The Hall–Kier alpha value is -1.61. The second-order valence-electron chi connectivity index (χ2n) is 4.13. The van der Waals surface area contributed by atoms with E-state index in [0.29, 0.717) is 5.15 Å². The Morgan fingerprint density at radius 3 is 2.47 bits per heavy atom. The number of nitrogens with zero attached hydrogens (tertiary/aromatic N) is 3. The molecule has 0 radical (unpaired) electrons. The lowest BCUT2D eigenvalue weighted by Gasteiger charge is -2.01. The topological polar surface area (TPSA) is 20.8 Å². The molecular weight excluding hydrogens is 234 g/mol. The third-order valence-electron chi connectivity index (χ3n) is 2.44. The van der Waals surface area contributed by atoms with Crippen molar-refractivity contribution in [2.24, 2.45) is 0 Å². The molecule has 0 saturated carbocycles. The van der Waals surface area contributed by atoms with Gasteiger partial charge in [0.15, 0.2) is 6.21 Å². The highest BCUT2D eigenvalue weighted by atomic mass is 35.5. The van der Waals surface area contributed by atoms with Crippen molar-refractivity contribution in [1.82, 2.24) is 9.78 Å². The average molecular weight is 249 g/mol. The van der Waals surface area contributed by atoms with Gasteiger partial charge in [0.1, 0.15) is 19.2 Å². The highest BCUT2D eigenvalue weighted by Crippen LogP contribution is 2.21. The SMILES string of the molecule is Cc1nn(-c2ccccc2)c(Cl)c1C=[N+](C)C. The first-order chi connectivity index (χ1) is 8.09. The molecule has 0 aliphatic rings. The minimum atomic E-state index is 0.641. The van der Waals surface area contributed by atoms with E-state index in [1.54, 1.807) is 4.68 Å². The highest BCUT2D eigenvalue weighted by molar-refractivity contribution is 6.32. The van der Waals surface area contributed by atoms with Crippen molar-refractivity contribution in [3.63, 3.8) is 0 Å². The summed E-state index contributed by atoms with van der Waals surface area (Å²) >= 11 is 6.35. The maximum absolute atomic E-state index is 6.35. The van der Waals surface area contributed by atoms with Crippen molar-refractivity contribution in [2.45, 2.75) is 6.92 Å². The van der Waals surface area contributed by atoms with E-state index in [1.165, 1.54) is 0 Å². The molecule has 2 aromatic rings. The molecule has 1 heterocycles. The number of aryl methyl sites for hydroxylation is 1. The number of halogens is 1. The Labute approximate surface area is 106 Å². The lowest BCUT2D eigenvalue weighted by atomic mass is 10.3. The van der Waals surface area contributed by atoms with Gasteiger partial charge in [0.05, 0.1) is 16.9 Å².